The quantitative estimate of drug-likeness (QED) is 0.883. The van der Waals surface area contributed by atoms with E-state index in [1.54, 1.807) is 12.1 Å². The van der Waals surface area contributed by atoms with Gasteiger partial charge in [-0.3, -0.25) is 4.79 Å². The average Bonchev–Trinajstić information content (AvgIpc) is 2.86. The molecule has 0 saturated carbocycles. The summed E-state index contributed by atoms with van der Waals surface area (Å²) in [5.41, 5.74) is 0. The lowest BCUT2D eigenvalue weighted by Crippen LogP contribution is -1.95. The first-order valence-electron chi connectivity index (χ1n) is 4.95. The summed E-state index contributed by atoms with van der Waals surface area (Å²) in [6, 6.07) is 3.20. The maximum atomic E-state index is 10.3. The zero-order valence-corrected chi connectivity index (χ0v) is 9.48. The van der Waals surface area contributed by atoms with E-state index in [4.69, 9.17) is 25.5 Å². The molecule has 0 aliphatic carbocycles. The Balaban J connectivity index is 1.98. The number of halogens is 1. The summed E-state index contributed by atoms with van der Waals surface area (Å²) in [7, 11) is 0. The molecular weight excluding hydrogens is 248 g/mol. The van der Waals surface area contributed by atoms with E-state index in [2.05, 4.69) is 10.2 Å². The van der Waals surface area contributed by atoms with Crippen LogP contribution in [0, 0.1) is 0 Å². The first-order chi connectivity index (χ1) is 8.15. The van der Waals surface area contributed by atoms with Gasteiger partial charge in [0.15, 0.2) is 11.0 Å². The highest BCUT2D eigenvalue weighted by atomic mass is 35.5. The third-order valence-corrected chi connectivity index (χ3v) is 2.24. The fourth-order valence-corrected chi connectivity index (χ4v) is 1.42. The molecule has 1 N–H and O–H groups in total. The van der Waals surface area contributed by atoms with Gasteiger partial charge in [-0.1, -0.05) is 0 Å². The minimum atomic E-state index is -0.845. The predicted octanol–water partition coefficient (Wildman–Crippen LogP) is 2.39. The molecule has 0 aliphatic heterocycles. The van der Waals surface area contributed by atoms with Crippen molar-refractivity contribution in [2.24, 2.45) is 0 Å². The van der Waals surface area contributed by atoms with Crippen molar-refractivity contribution in [2.45, 2.75) is 19.3 Å². The van der Waals surface area contributed by atoms with Crippen molar-refractivity contribution in [3.63, 3.8) is 0 Å². The second-order valence-electron chi connectivity index (χ2n) is 3.35. The standard InChI is InChI=1S/C10H9ClN2O4/c11-7-5-4-6(16-7)10-13-12-8(17-10)2-1-3-9(14)15/h4-5H,1-3H2,(H,14,15). The van der Waals surface area contributed by atoms with Crippen LogP contribution in [0.2, 0.25) is 5.22 Å². The fraction of sp³-hybridized carbons (Fsp3) is 0.300. The van der Waals surface area contributed by atoms with Crippen molar-refractivity contribution < 1.29 is 18.7 Å². The van der Waals surface area contributed by atoms with Gasteiger partial charge < -0.3 is 13.9 Å². The Morgan fingerprint density at radius 1 is 1.35 bits per heavy atom. The fourth-order valence-electron chi connectivity index (χ4n) is 1.27. The Morgan fingerprint density at radius 3 is 2.82 bits per heavy atom. The van der Waals surface area contributed by atoms with Crippen molar-refractivity contribution >= 4 is 17.6 Å². The molecule has 0 fully saturated rings. The van der Waals surface area contributed by atoms with Crippen LogP contribution in [0.4, 0.5) is 0 Å². The maximum absolute atomic E-state index is 10.3. The highest BCUT2D eigenvalue weighted by Gasteiger charge is 2.12. The number of rotatable bonds is 5. The van der Waals surface area contributed by atoms with Gasteiger partial charge in [-0.15, -0.1) is 10.2 Å². The normalized spacial score (nSPS) is 10.6. The van der Waals surface area contributed by atoms with Crippen molar-refractivity contribution in [3.8, 4) is 11.7 Å². The van der Waals surface area contributed by atoms with Gasteiger partial charge in [0.05, 0.1) is 0 Å². The molecule has 0 aromatic carbocycles. The van der Waals surface area contributed by atoms with Crippen molar-refractivity contribution in [2.75, 3.05) is 0 Å². The first-order valence-corrected chi connectivity index (χ1v) is 5.33. The number of nitrogens with zero attached hydrogens (tertiary/aromatic N) is 2. The second kappa shape index (κ2) is 5.01. The van der Waals surface area contributed by atoms with Gasteiger partial charge >= 0.3 is 5.97 Å². The van der Waals surface area contributed by atoms with Crippen LogP contribution in [0.1, 0.15) is 18.7 Å². The molecule has 2 rings (SSSR count). The molecule has 0 atom stereocenters. The molecule has 7 heteroatoms. The number of hydrogen-bond acceptors (Lipinski definition) is 5. The summed E-state index contributed by atoms with van der Waals surface area (Å²) in [6.07, 6.45) is 0.952. The lowest BCUT2D eigenvalue weighted by atomic mass is 10.2. The maximum Gasteiger partial charge on any atom is 0.303 e. The number of aliphatic carboxylic acids is 1. The van der Waals surface area contributed by atoms with Crippen LogP contribution >= 0.6 is 11.6 Å². The van der Waals surface area contributed by atoms with Crippen molar-refractivity contribution in [1.82, 2.24) is 10.2 Å². The smallest absolute Gasteiger partial charge is 0.303 e. The Kier molecular flexibility index (Phi) is 3.43. The summed E-state index contributed by atoms with van der Waals surface area (Å²) < 4.78 is 10.4. The highest BCUT2D eigenvalue weighted by molar-refractivity contribution is 6.28. The molecule has 17 heavy (non-hydrogen) atoms. The number of aromatic nitrogens is 2. The van der Waals surface area contributed by atoms with Gasteiger partial charge in [0.2, 0.25) is 5.89 Å². The third-order valence-electron chi connectivity index (χ3n) is 2.03. The number of carboxylic acid groups (broad SMARTS) is 1. The molecule has 2 aromatic heterocycles. The van der Waals surface area contributed by atoms with E-state index in [-0.39, 0.29) is 17.5 Å². The van der Waals surface area contributed by atoms with E-state index in [0.29, 0.717) is 24.5 Å². The van der Waals surface area contributed by atoms with Gasteiger partial charge in [-0.05, 0) is 30.2 Å². The molecule has 2 aromatic rings. The number of furan rings is 1. The van der Waals surface area contributed by atoms with E-state index < -0.39 is 5.97 Å². The zero-order valence-electron chi connectivity index (χ0n) is 8.72. The third kappa shape index (κ3) is 3.07. The van der Waals surface area contributed by atoms with Crippen LogP contribution in [-0.4, -0.2) is 21.3 Å². The van der Waals surface area contributed by atoms with Gasteiger partial charge in [-0.25, -0.2) is 0 Å². The van der Waals surface area contributed by atoms with Crippen LogP contribution < -0.4 is 0 Å². The number of aryl methyl sites for hydroxylation is 1. The topological polar surface area (TPSA) is 89.4 Å². The van der Waals surface area contributed by atoms with Gasteiger partial charge in [0.1, 0.15) is 0 Å². The summed E-state index contributed by atoms with van der Waals surface area (Å²) in [4.78, 5) is 10.3. The molecule has 2 heterocycles. The Bertz CT molecular complexity index is 520. The van der Waals surface area contributed by atoms with E-state index in [9.17, 15) is 4.79 Å². The average molecular weight is 257 g/mol. The zero-order chi connectivity index (χ0) is 12.3. The van der Waals surface area contributed by atoms with Crippen LogP contribution in [-0.2, 0) is 11.2 Å². The summed E-state index contributed by atoms with van der Waals surface area (Å²) >= 11 is 5.61. The lowest BCUT2D eigenvalue weighted by Gasteiger charge is -1.91. The number of carbonyl (C=O) groups is 1. The lowest BCUT2D eigenvalue weighted by molar-refractivity contribution is -0.137. The van der Waals surface area contributed by atoms with Gasteiger partial charge in [0, 0.05) is 12.8 Å². The van der Waals surface area contributed by atoms with E-state index in [1.807, 2.05) is 0 Å². The van der Waals surface area contributed by atoms with Gasteiger partial charge in [-0.2, -0.15) is 0 Å². The molecule has 0 unspecified atom stereocenters. The number of carboxylic acids is 1. The molecule has 0 aliphatic rings. The molecule has 0 amide bonds. The predicted molar refractivity (Wildman–Crippen MR) is 57.6 cm³/mol. The van der Waals surface area contributed by atoms with Gasteiger partial charge in [0.25, 0.3) is 5.89 Å². The first kappa shape index (κ1) is 11.7. The summed E-state index contributed by atoms with van der Waals surface area (Å²) in [5, 5.41) is 16.3. The minimum Gasteiger partial charge on any atom is -0.481 e. The highest BCUT2D eigenvalue weighted by Crippen LogP contribution is 2.23. The SMILES string of the molecule is O=C(O)CCCc1nnc(-c2ccc(Cl)o2)o1. The van der Waals surface area contributed by atoms with Crippen LogP contribution in [0.15, 0.2) is 21.0 Å². The molecule has 90 valence electrons. The minimum absolute atomic E-state index is 0.0737. The van der Waals surface area contributed by atoms with Crippen molar-refractivity contribution in [1.29, 1.82) is 0 Å². The van der Waals surface area contributed by atoms with E-state index in [0.717, 1.165) is 0 Å². The summed E-state index contributed by atoms with van der Waals surface area (Å²) in [6.45, 7) is 0. The number of hydrogen-bond donors (Lipinski definition) is 1. The molecule has 0 bridgehead atoms. The Hall–Kier alpha value is -1.82. The second-order valence-corrected chi connectivity index (χ2v) is 3.72. The van der Waals surface area contributed by atoms with Crippen LogP contribution in [0.5, 0.6) is 0 Å². The molecule has 0 saturated heterocycles. The van der Waals surface area contributed by atoms with Crippen molar-refractivity contribution in [3.05, 3.63) is 23.2 Å². The Morgan fingerprint density at radius 2 is 2.18 bits per heavy atom. The molecule has 0 radical (unpaired) electrons. The molecule has 6 nitrogen and oxygen atoms in total. The monoisotopic (exact) mass is 256 g/mol. The van der Waals surface area contributed by atoms with E-state index >= 15 is 0 Å². The Labute approximate surface area is 101 Å². The van der Waals surface area contributed by atoms with Crippen LogP contribution in [0.3, 0.4) is 0 Å². The van der Waals surface area contributed by atoms with Crippen LogP contribution in [0.25, 0.3) is 11.7 Å². The van der Waals surface area contributed by atoms with E-state index in [1.165, 1.54) is 0 Å². The largest absolute Gasteiger partial charge is 0.481 e. The molecule has 0 spiro atoms. The summed E-state index contributed by atoms with van der Waals surface area (Å²) in [5.74, 6) is 0.172. The molecular formula is C10H9ClN2O4.